The molecule has 0 spiro atoms. The van der Waals surface area contributed by atoms with Crippen molar-refractivity contribution in [1.82, 2.24) is 30.5 Å². The van der Waals surface area contributed by atoms with E-state index in [2.05, 4.69) is 38.6 Å². The smallest absolute Gasteiger partial charge is 0.123 e. The Morgan fingerprint density at radius 1 is 1.05 bits per heavy atom. The van der Waals surface area contributed by atoms with Crippen LogP contribution in [-0.2, 0) is 0 Å². The van der Waals surface area contributed by atoms with Crippen LogP contribution < -0.4 is 5.32 Å². The quantitative estimate of drug-likeness (QED) is 0.185. The normalized spacial score (nSPS) is 14.5. The third kappa shape index (κ3) is 4.68. The van der Waals surface area contributed by atoms with Gasteiger partial charge in [-0.25, -0.2) is 4.39 Å². The molecule has 0 saturated heterocycles. The van der Waals surface area contributed by atoms with E-state index in [1.807, 2.05) is 43.4 Å². The Kier molecular flexibility index (Phi) is 6.40. The molecule has 1 saturated carbocycles. The second-order valence-electron chi connectivity index (χ2n) is 9.82. The number of H-pyrrole nitrogens is 2. The molecule has 7 heteroatoms. The maximum atomic E-state index is 13.5. The van der Waals surface area contributed by atoms with Gasteiger partial charge in [-0.3, -0.25) is 15.1 Å². The number of aromatic amines is 2. The Bertz CT molecular complexity index is 1770. The molecule has 0 bridgehead atoms. The van der Waals surface area contributed by atoms with Gasteiger partial charge in [0.2, 0.25) is 0 Å². The molecule has 1 aromatic carbocycles. The molecule has 1 aliphatic rings. The largest absolute Gasteiger partial charge is 0.359 e. The predicted molar refractivity (Wildman–Crippen MR) is 156 cm³/mol. The highest BCUT2D eigenvalue weighted by Crippen LogP contribution is 2.34. The molecule has 0 unspecified atom stereocenters. The van der Waals surface area contributed by atoms with E-state index < -0.39 is 0 Å². The molecule has 3 N–H and O–H groups in total. The molecule has 5 aromatic rings. The monoisotopic (exact) mass is 516 g/mol. The van der Waals surface area contributed by atoms with Gasteiger partial charge in [0, 0.05) is 39.4 Å². The van der Waals surface area contributed by atoms with E-state index in [4.69, 9.17) is 4.98 Å². The molecule has 1 fully saturated rings. The number of halogens is 1. The average molecular weight is 517 g/mol. The summed E-state index contributed by atoms with van der Waals surface area (Å²) in [5.41, 5.74) is 8.76. The van der Waals surface area contributed by atoms with Crippen LogP contribution in [0.4, 0.5) is 4.39 Å². The zero-order chi connectivity index (χ0) is 26.9. The summed E-state index contributed by atoms with van der Waals surface area (Å²) in [5.74, 6) is 0.253. The van der Waals surface area contributed by atoms with Crippen molar-refractivity contribution >= 4 is 27.4 Å². The van der Waals surface area contributed by atoms with Gasteiger partial charge in [0.05, 0.1) is 28.8 Å². The lowest BCUT2D eigenvalue weighted by molar-refractivity contribution is 0.356. The lowest BCUT2D eigenvalue weighted by atomic mass is 9.83. The van der Waals surface area contributed by atoms with Gasteiger partial charge in [0.25, 0.3) is 0 Å². The fourth-order valence-electron chi connectivity index (χ4n) is 4.96. The number of fused-ring (bicyclic) bond motifs is 2. The molecule has 6 rings (SSSR count). The van der Waals surface area contributed by atoms with Gasteiger partial charge in [-0.15, -0.1) is 0 Å². The lowest BCUT2D eigenvalue weighted by Crippen LogP contribution is -2.23. The third-order valence-corrected chi connectivity index (χ3v) is 7.41. The van der Waals surface area contributed by atoms with Gasteiger partial charge in [-0.2, -0.15) is 5.10 Å². The van der Waals surface area contributed by atoms with E-state index in [0.29, 0.717) is 5.92 Å². The number of hydrogen-bond acceptors (Lipinski definition) is 4. The maximum absolute atomic E-state index is 13.5. The van der Waals surface area contributed by atoms with Crippen molar-refractivity contribution in [1.29, 1.82) is 0 Å². The highest BCUT2D eigenvalue weighted by atomic mass is 19.1. The minimum atomic E-state index is -0.275. The van der Waals surface area contributed by atoms with Crippen molar-refractivity contribution in [3.8, 4) is 22.6 Å². The Morgan fingerprint density at radius 2 is 1.85 bits per heavy atom. The number of allylic oxidation sites excluding steroid dienone is 5. The standard InChI is InChI=1S/C32H29FN6/c1-4-20(15-24(5-2)36-19(3)21-7-6-8-21)28-16-26-30(18-35-28)38-39-32(26)29-17-25-27(37-29)13-14-34-31(25)22-9-11-23(33)12-10-22/h4-5,9-18,21,36-37H,2-3,6-8H2,1H3,(H,38,39)/b20-4+,24-15+. The van der Waals surface area contributed by atoms with E-state index in [1.165, 1.54) is 31.4 Å². The van der Waals surface area contributed by atoms with Crippen molar-refractivity contribution in [2.45, 2.75) is 26.2 Å². The number of rotatable bonds is 8. The summed E-state index contributed by atoms with van der Waals surface area (Å²) in [5, 5.41) is 13.0. The van der Waals surface area contributed by atoms with Crippen LogP contribution in [0.3, 0.4) is 0 Å². The minimum absolute atomic E-state index is 0.275. The highest BCUT2D eigenvalue weighted by Gasteiger charge is 2.21. The van der Waals surface area contributed by atoms with Crippen LogP contribution in [0.1, 0.15) is 31.9 Å². The fraction of sp³-hybridized carbons (Fsp3) is 0.156. The number of nitrogens with one attached hydrogen (secondary N) is 3. The molecule has 0 aliphatic heterocycles. The average Bonchev–Trinajstić information content (AvgIpc) is 3.54. The van der Waals surface area contributed by atoms with Gasteiger partial charge < -0.3 is 10.3 Å². The topological polar surface area (TPSA) is 82.3 Å². The van der Waals surface area contributed by atoms with Crippen molar-refractivity contribution in [3.05, 3.63) is 109 Å². The second-order valence-corrected chi connectivity index (χ2v) is 9.82. The van der Waals surface area contributed by atoms with E-state index >= 15 is 0 Å². The summed E-state index contributed by atoms with van der Waals surface area (Å²) in [7, 11) is 0. The van der Waals surface area contributed by atoms with Crippen molar-refractivity contribution < 1.29 is 4.39 Å². The first-order valence-corrected chi connectivity index (χ1v) is 13.1. The van der Waals surface area contributed by atoms with Gasteiger partial charge in [-0.1, -0.05) is 25.7 Å². The number of benzene rings is 1. The first-order chi connectivity index (χ1) is 19.0. The molecule has 0 atom stereocenters. The Morgan fingerprint density at radius 3 is 2.56 bits per heavy atom. The molecule has 1 aliphatic carbocycles. The molecular formula is C32H29FN6. The van der Waals surface area contributed by atoms with Crippen LogP contribution in [0.2, 0.25) is 0 Å². The molecule has 39 heavy (non-hydrogen) atoms. The summed E-state index contributed by atoms with van der Waals surface area (Å²) in [6, 6.07) is 12.4. The second kappa shape index (κ2) is 10.2. The van der Waals surface area contributed by atoms with Crippen LogP contribution in [0.5, 0.6) is 0 Å². The van der Waals surface area contributed by atoms with Gasteiger partial charge in [0.1, 0.15) is 11.5 Å². The van der Waals surface area contributed by atoms with Gasteiger partial charge >= 0.3 is 0 Å². The predicted octanol–water partition coefficient (Wildman–Crippen LogP) is 7.68. The van der Waals surface area contributed by atoms with Crippen LogP contribution in [0.25, 0.3) is 50.0 Å². The third-order valence-electron chi connectivity index (χ3n) is 7.41. The first kappa shape index (κ1) is 24.6. The summed E-state index contributed by atoms with van der Waals surface area (Å²) in [6.07, 6.45) is 13.1. The van der Waals surface area contributed by atoms with Crippen LogP contribution in [-0.4, -0.2) is 25.1 Å². The summed E-state index contributed by atoms with van der Waals surface area (Å²) in [6.45, 7) is 10.2. The highest BCUT2D eigenvalue weighted by molar-refractivity contribution is 6.00. The first-order valence-electron chi connectivity index (χ1n) is 13.1. The Balaban J connectivity index is 1.36. The molecule has 4 heterocycles. The minimum Gasteiger partial charge on any atom is -0.359 e. The van der Waals surface area contributed by atoms with Gasteiger partial charge in [0.15, 0.2) is 0 Å². The summed E-state index contributed by atoms with van der Waals surface area (Å²) in [4.78, 5) is 12.8. The maximum Gasteiger partial charge on any atom is 0.123 e. The zero-order valence-corrected chi connectivity index (χ0v) is 21.8. The van der Waals surface area contributed by atoms with E-state index in [9.17, 15) is 4.39 Å². The van der Waals surface area contributed by atoms with E-state index in [0.717, 1.165) is 67.1 Å². The molecular weight excluding hydrogens is 487 g/mol. The van der Waals surface area contributed by atoms with E-state index in [1.54, 1.807) is 24.5 Å². The molecule has 6 nitrogen and oxygen atoms in total. The van der Waals surface area contributed by atoms with E-state index in [-0.39, 0.29) is 5.82 Å². The van der Waals surface area contributed by atoms with Crippen molar-refractivity contribution in [2.75, 3.05) is 0 Å². The van der Waals surface area contributed by atoms with Crippen molar-refractivity contribution in [2.24, 2.45) is 5.92 Å². The van der Waals surface area contributed by atoms with Crippen LogP contribution in [0, 0.1) is 11.7 Å². The number of hydrogen-bond donors (Lipinski definition) is 3. The van der Waals surface area contributed by atoms with Crippen molar-refractivity contribution in [3.63, 3.8) is 0 Å². The van der Waals surface area contributed by atoms with Crippen LogP contribution in [0.15, 0.2) is 97.6 Å². The Hall–Kier alpha value is -4.78. The lowest BCUT2D eigenvalue weighted by Gasteiger charge is -2.28. The number of aromatic nitrogens is 5. The molecule has 0 amide bonds. The summed E-state index contributed by atoms with van der Waals surface area (Å²) < 4.78 is 13.5. The Labute approximate surface area is 226 Å². The number of nitrogens with zero attached hydrogens (tertiary/aromatic N) is 3. The number of pyridine rings is 2. The summed E-state index contributed by atoms with van der Waals surface area (Å²) >= 11 is 0. The fourth-order valence-corrected chi connectivity index (χ4v) is 4.96. The zero-order valence-electron chi connectivity index (χ0n) is 21.8. The SMILES string of the molecule is C=C/C(=C\C(=C/C)c1cc2c(-c3cc4c(-c5ccc(F)cc5)nccc4[nH]3)n[nH]c2cn1)NC(=C)C1CCC1. The van der Waals surface area contributed by atoms with Gasteiger partial charge in [-0.05, 0) is 85.9 Å². The molecule has 4 aromatic heterocycles. The molecule has 194 valence electrons. The molecule has 0 radical (unpaired) electrons. The van der Waals surface area contributed by atoms with Crippen LogP contribution >= 0.6 is 0 Å².